The van der Waals surface area contributed by atoms with Crippen molar-refractivity contribution in [3.05, 3.63) is 35.1 Å². The summed E-state index contributed by atoms with van der Waals surface area (Å²) in [7, 11) is 4.01. The van der Waals surface area contributed by atoms with Gasteiger partial charge in [0.15, 0.2) is 0 Å². The molecule has 1 aromatic carbocycles. The quantitative estimate of drug-likeness (QED) is 0.759. The fraction of sp³-hybridized carbons (Fsp3) is 0.500. The van der Waals surface area contributed by atoms with Crippen LogP contribution in [0.4, 0.5) is 4.39 Å². The summed E-state index contributed by atoms with van der Waals surface area (Å²) in [4.78, 5) is 41.1. The van der Waals surface area contributed by atoms with Crippen LogP contribution in [0.15, 0.2) is 18.2 Å². The van der Waals surface area contributed by atoms with E-state index in [1.807, 2.05) is 19.0 Å². The van der Waals surface area contributed by atoms with Crippen molar-refractivity contribution < 1.29 is 18.8 Å². The highest BCUT2D eigenvalue weighted by Crippen LogP contribution is 2.24. The molecule has 0 aliphatic carbocycles. The average molecular weight is 347 g/mol. The van der Waals surface area contributed by atoms with Crippen LogP contribution in [0.5, 0.6) is 0 Å². The lowest BCUT2D eigenvalue weighted by molar-refractivity contribution is -0.138. The number of hydrogen-bond donors (Lipinski definition) is 0. The second-order valence-corrected chi connectivity index (χ2v) is 6.95. The van der Waals surface area contributed by atoms with E-state index in [1.54, 1.807) is 0 Å². The summed E-state index contributed by atoms with van der Waals surface area (Å²) in [5.74, 6) is -1.28. The average Bonchev–Trinajstić information content (AvgIpc) is 3.04. The van der Waals surface area contributed by atoms with Gasteiger partial charge in [-0.15, -0.1) is 0 Å². The van der Waals surface area contributed by atoms with Crippen molar-refractivity contribution >= 4 is 18.1 Å². The minimum Gasteiger partial charge on any atom is -0.341 e. The van der Waals surface area contributed by atoms with Crippen molar-refractivity contribution in [1.82, 2.24) is 14.7 Å². The largest absolute Gasteiger partial charge is 0.341 e. The van der Waals surface area contributed by atoms with E-state index in [4.69, 9.17) is 0 Å². The molecule has 134 valence electrons. The van der Waals surface area contributed by atoms with Crippen LogP contribution in [0.25, 0.3) is 0 Å². The Labute approximate surface area is 146 Å². The molecule has 2 aliphatic heterocycles. The molecule has 0 bridgehead atoms. The fourth-order valence-electron chi connectivity index (χ4n) is 3.37. The highest BCUT2D eigenvalue weighted by molar-refractivity contribution is 5.97. The zero-order chi connectivity index (χ0) is 18.1. The fourth-order valence-corrected chi connectivity index (χ4v) is 3.37. The molecule has 1 unspecified atom stereocenters. The van der Waals surface area contributed by atoms with Crippen LogP contribution in [0.3, 0.4) is 0 Å². The van der Waals surface area contributed by atoms with E-state index in [1.165, 1.54) is 17.0 Å². The Hall–Kier alpha value is -2.28. The Balaban J connectivity index is 1.58. The first-order chi connectivity index (χ1) is 11.9. The molecule has 6 nitrogen and oxygen atoms in total. The number of nitrogens with zero attached hydrogens (tertiary/aromatic N) is 3. The van der Waals surface area contributed by atoms with Crippen molar-refractivity contribution in [2.75, 3.05) is 40.3 Å². The van der Waals surface area contributed by atoms with E-state index in [0.717, 1.165) is 19.0 Å². The molecule has 0 N–H and O–H groups in total. The molecular weight excluding hydrogens is 325 g/mol. The van der Waals surface area contributed by atoms with Crippen molar-refractivity contribution in [3.8, 4) is 0 Å². The SMILES string of the molecule is CN(C)C1CCN(C(=O)C2CN(C(=O)c3cc(C=O)ccc3F)C2)C1. The lowest BCUT2D eigenvalue weighted by atomic mass is 9.96. The number of hydrogen-bond acceptors (Lipinski definition) is 4. The maximum Gasteiger partial charge on any atom is 0.256 e. The summed E-state index contributed by atoms with van der Waals surface area (Å²) in [5, 5.41) is 0. The van der Waals surface area contributed by atoms with Gasteiger partial charge in [-0.25, -0.2) is 4.39 Å². The second kappa shape index (κ2) is 6.92. The van der Waals surface area contributed by atoms with Crippen LogP contribution in [-0.4, -0.2) is 79.1 Å². The summed E-state index contributed by atoms with van der Waals surface area (Å²) in [6.07, 6.45) is 1.53. The molecular formula is C18H22FN3O3. The molecule has 2 fully saturated rings. The molecule has 0 saturated carbocycles. The Morgan fingerprint density at radius 3 is 2.52 bits per heavy atom. The molecule has 0 aromatic heterocycles. The number of likely N-dealkylation sites (tertiary alicyclic amines) is 2. The van der Waals surface area contributed by atoms with E-state index >= 15 is 0 Å². The van der Waals surface area contributed by atoms with Gasteiger partial charge >= 0.3 is 0 Å². The van der Waals surface area contributed by atoms with Crippen molar-refractivity contribution in [2.24, 2.45) is 5.92 Å². The van der Waals surface area contributed by atoms with Gasteiger partial charge in [-0.1, -0.05) is 0 Å². The van der Waals surface area contributed by atoms with Gasteiger partial charge in [0, 0.05) is 37.8 Å². The molecule has 7 heteroatoms. The standard InChI is InChI=1S/C18H22FN3O3/c1-20(2)14-5-6-21(10-14)17(24)13-8-22(9-13)18(25)15-7-12(11-23)3-4-16(15)19/h3-4,7,11,13-14H,5-6,8-10H2,1-2H3. The zero-order valence-electron chi connectivity index (χ0n) is 14.4. The first-order valence-electron chi connectivity index (χ1n) is 8.40. The summed E-state index contributed by atoms with van der Waals surface area (Å²) < 4.78 is 13.9. The van der Waals surface area contributed by atoms with E-state index in [9.17, 15) is 18.8 Å². The maximum atomic E-state index is 13.9. The maximum absolute atomic E-state index is 13.9. The molecule has 1 atom stereocenters. The minimum atomic E-state index is -0.654. The Morgan fingerprint density at radius 1 is 1.20 bits per heavy atom. The topological polar surface area (TPSA) is 60.9 Å². The lowest BCUT2D eigenvalue weighted by Gasteiger charge is -2.40. The number of rotatable bonds is 4. The molecule has 3 rings (SSSR count). The van der Waals surface area contributed by atoms with Gasteiger partial charge in [0.05, 0.1) is 11.5 Å². The second-order valence-electron chi connectivity index (χ2n) is 6.95. The Morgan fingerprint density at radius 2 is 1.92 bits per heavy atom. The van der Waals surface area contributed by atoms with E-state index in [-0.39, 0.29) is 23.0 Å². The Kier molecular flexibility index (Phi) is 4.85. The van der Waals surface area contributed by atoms with Crippen molar-refractivity contribution in [1.29, 1.82) is 0 Å². The number of benzene rings is 1. The normalized spacial score (nSPS) is 20.7. The van der Waals surface area contributed by atoms with E-state index in [0.29, 0.717) is 32.0 Å². The molecule has 2 amide bonds. The Bertz CT molecular complexity index is 701. The number of carbonyl (C=O) groups excluding carboxylic acids is 3. The van der Waals surface area contributed by atoms with E-state index < -0.39 is 11.7 Å². The van der Waals surface area contributed by atoms with Gasteiger partial charge in [-0.3, -0.25) is 14.4 Å². The number of carbonyl (C=O) groups is 3. The summed E-state index contributed by atoms with van der Waals surface area (Å²) >= 11 is 0. The summed E-state index contributed by atoms with van der Waals surface area (Å²) in [6.45, 7) is 2.05. The molecule has 0 radical (unpaired) electrons. The number of aldehydes is 1. The highest BCUT2D eigenvalue weighted by atomic mass is 19.1. The molecule has 25 heavy (non-hydrogen) atoms. The third-order valence-electron chi connectivity index (χ3n) is 5.08. The summed E-state index contributed by atoms with van der Waals surface area (Å²) in [6, 6.07) is 4.07. The van der Waals surface area contributed by atoms with Gasteiger partial charge in [0.25, 0.3) is 5.91 Å². The van der Waals surface area contributed by atoms with Gasteiger partial charge in [0.2, 0.25) is 5.91 Å². The van der Waals surface area contributed by atoms with Crippen LogP contribution in [0.1, 0.15) is 27.1 Å². The summed E-state index contributed by atoms with van der Waals surface area (Å²) in [5.41, 5.74) is 0.133. The number of halogens is 1. The third-order valence-corrected chi connectivity index (χ3v) is 5.08. The minimum absolute atomic E-state index is 0.0653. The number of likely N-dealkylation sites (N-methyl/N-ethyl adjacent to an activating group) is 1. The van der Waals surface area contributed by atoms with Crippen LogP contribution in [0.2, 0.25) is 0 Å². The van der Waals surface area contributed by atoms with Gasteiger partial charge in [0.1, 0.15) is 12.1 Å². The monoisotopic (exact) mass is 347 g/mol. The van der Waals surface area contributed by atoms with Crippen LogP contribution in [0, 0.1) is 11.7 Å². The lowest BCUT2D eigenvalue weighted by Crippen LogP contribution is -2.56. The highest BCUT2D eigenvalue weighted by Gasteiger charge is 2.40. The first-order valence-corrected chi connectivity index (χ1v) is 8.40. The van der Waals surface area contributed by atoms with E-state index in [2.05, 4.69) is 4.90 Å². The smallest absolute Gasteiger partial charge is 0.256 e. The first kappa shape index (κ1) is 17.5. The number of amides is 2. The molecule has 2 heterocycles. The van der Waals surface area contributed by atoms with Gasteiger partial charge < -0.3 is 14.7 Å². The van der Waals surface area contributed by atoms with Crippen LogP contribution < -0.4 is 0 Å². The van der Waals surface area contributed by atoms with Gasteiger partial charge in [-0.2, -0.15) is 0 Å². The van der Waals surface area contributed by atoms with Crippen LogP contribution in [-0.2, 0) is 4.79 Å². The molecule has 0 spiro atoms. The molecule has 1 aromatic rings. The molecule has 2 saturated heterocycles. The van der Waals surface area contributed by atoms with Gasteiger partial charge in [-0.05, 0) is 38.7 Å². The third kappa shape index (κ3) is 3.42. The zero-order valence-corrected chi connectivity index (χ0v) is 14.4. The van der Waals surface area contributed by atoms with Crippen LogP contribution >= 0.6 is 0 Å². The predicted octanol–water partition coefficient (Wildman–Crippen LogP) is 0.873. The van der Waals surface area contributed by atoms with Crippen molar-refractivity contribution in [3.63, 3.8) is 0 Å². The van der Waals surface area contributed by atoms with Crippen molar-refractivity contribution in [2.45, 2.75) is 12.5 Å². The predicted molar refractivity (Wildman–Crippen MR) is 89.9 cm³/mol. The molecule has 2 aliphatic rings.